The van der Waals surface area contributed by atoms with Crippen LogP contribution in [-0.2, 0) is 0 Å². The first-order valence-electron chi connectivity index (χ1n) is 5.24. The number of amides is 1. The first-order chi connectivity index (χ1) is 8.13. The SMILES string of the molecule is O=C(c1ccc([N+](=O)[O-])s1)N(CCBr)C1CC1. The largest absolute Gasteiger partial charge is 0.334 e. The van der Waals surface area contributed by atoms with E-state index in [0.717, 1.165) is 29.5 Å². The van der Waals surface area contributed by atoms with Gasteiger partial charge in [-0.15, -0.1) is 0 Å². The third-order valence-corrected chi connectivity index (χ3v) is 3.94. The molecule has 0 atom stereocenters. The maximum Gasteiger partial charge on any atom is 0.324 e. The molecule has 2 rings (SSSR count). The van der Waals surface area contributed by atoms with E-state index in [1.165, 1.54) is 12.1 Å². The average molecular weight is 319 g/mol. The van der Waals surface area contributed by atoms with E-state index in [0.29, 0.717) is 17.5 Å². The summed E-state index contributed by atoms with van der Waals surface area (Å²) in [5.74, 6) is -0.0925. The highest BCUT2D eigenvalue weighted by Crippen LogP contribution is 2.31. The fourth-order valence-electron chi connectivity index (χ4n) is 1.61. The summed E-state index contributed by atoms with van der Waals surface area (Å²) in [6, 6.07) is 3.24. The highest BCUT2D eigenvalue weighted by atomic mass is 79.9. The van der Waals surface area contributed by atoms with E-state index < -0.39 is 4.92 Å². The Morgan fingerprint density at radius 1 is 1.59 bits per heavy atom. The molecule has 1 aliphatic rings. The number of nitro groups is 1. The molecule has 1 aromatic heterocycles. The van der Waals surface area contributed by atoms with Gasteiger partial charge in [-0.3, -0.25) is 14.9 Å². The van der Waals surface area contributed by atoms with Crippen LogP contribution in [0.1, 0.15) is 22.5 Å². The van der Waals surface area contributed by atoms with Gasteiger partial charge in [0.05, 0.1) is 9.80 Å². The predicted octanol–water partition coefficient (Wildman–Crippen LogP) is 2.66. The number of hydrogen-bond acceptors (Lipinski definition) is 4. The lowest BCUT2D eigenvalue weighted by Gasteiger charge is -2.20. The van der Waals surface area contributed by atoms with Crippen LogP contribution in [0.5, 0.6) is 0 Å². The molecule has 7 heteroatoms. The monoisotopic (exact) mass is 318 g/mol. The normalized spacial score (nSPS) is 14.6. The van der Waals surface area contributed by atoms with E-state index in [4.69, 9.17) is 0 Å². The standard InChI is InChI=1S/C10H11BrN2O3S/c11-5-6-12(7-1-2-7)10(14)8-3-4-9(17-8)13(15)16/h3-4,7H,1-2,5-6H2. The van der Waals surface area contributed by atoms with Gasteiger partial charge in [-0.1, -0.05) is 27.3 Å². The second-order valence-corrected chi connectivity index (χ2v) is 5.67. The molecule has 1 saturated carbocycles. The van der Waals surface area contributed by atoms with E-state index in [2.05, 4.69) is 15.9 Å². The van der Waals surface area contributed by atoms with Gasteiger partial charge in [0.2, 0.25) is 0 Å². The summed E-state index contributed by atoms with van der Waals surface area (Å²) in [4.78, 5) is 24.5. The lowest BCUT2D eigenvalue weighted by molar-refractivity contribution is -0.380. The van der Waals surface area contributed by atoms with Crippen LogP contribution in [0, 0.1) is 10.1 Å². The number of carbonyl (C=O) groups is 1. The average Bonchev–Trinajstić information content (AvgIpc) is 3.00. The predicted molar refractivity (Wildman–Crippen MR) is 68.8 cm³/mol. The van der Waals surface area contributed by atoms with Crippen molar-refractivity contribution in [2.24, 2.45) is 0 Å². The summed E-state index contributed by atoms with van der Waals surface area (Å²) in [5.41, 5.74) is 0. The third kappa shape index (κ3) is 2.84. The number of alkyl halides is 1. The van der Waals surface area contributed by atoms with E-state index in [1.54, 1.807) is 4.90 Å². The summed E-state index contributed by atoms with van der Waals surface area (Å²) in [7, 11) is 0. The van der Waals surface area contributed by atoms with Crippen LogP contribution in [0.2, 0.25) is 0 Å². The number of nitrogens with zero attached hydrogens (tertiary/aromatic N) is 2. The molecule has 0 spiro atoms. The minimum atomic E-state index is -0.465. The molecule has 0 aliphatic heterocycles. The highest BCUT2D eigenvalue weighted by Gasteiger charge is 2.33. The molecule has 1 fully saturated rings. The topological polar surface area (TPSA) is 63.4 Å². The smallest absolute Gasteiger partial charge is 0.324 e. The summed E-state index contributed by atoms with van der Waals surface area (Å²) in [6.07, 6.45) is 2.07. The molecule has 17 heavy (non-hydrogen) atoms. The van der Waals surface area contributed by atoms with Crippen molar-refractivity contribution in [3.63, 3.8) is 0 Å². The Morgan fingerprint density at radius 3 is 2.76 bits per heavy atom. The molecule has 0 aromatic carbocycles. The van der Waals surface area contributed by atoms with Crippen LogP contribution in [0.4, 0.5) is 5.00 Å². The second-order valence-electron chi connectivity index (χ2n) is 3.81. The fourth-order valence-corrected chi connectivity index (χ4v) is 2.77. The summed E-state index contributed by atoms with van der Waals surface area (Å²) in [6.45, 7) is 0.648. The Kier molecular flexibility index (Phi) is 3.78. The molecule has 1 amide bonds. The molecule has 0 unspecified atom stereocenters. The lowest BCUT2D eigenvalue weighted by atomic mass is 10.3. The zero-order chi connectivity index (χ0) is 12.4. The van der Waals surface area contributed by atoms with Gasteiger partial charge in [0.15, 0.2) is 0 Å². The zero-order valence-electron chi connectivity index (χ0n) is 8.97. The summed E-state index contributed by atoms with van der Waals surface area (Å²) in [5, 5.41) is 11.3. The Morgan fingerprint density at radius 2 is 2.29 bits per heavy atom. The van der Waals surface area contributed by atoms with Gasteiger partial charge in [0, 0.05) is 24.0 Å². The maximum absolute atomic E-state index is 12.1. The maximum atomic E-state index is 12.1. The van der Waals surface area contributed by atoms with Crippen molar-refractivity contribution in [2.45, 2.75) is 18.9 Å². The van der Waals surface area contributed by atoms with Gasteiger partial charge in [-0.2, -0.15) is 0 Å². The van der Waals surface area contributed by atoms with Crippen molar-refractivity contribution < 1.29 is 9.72 Å². The second kappa shape index (κ2) is 5.14. The van der Waals surface area contributed by atoms with E-state index in [1.807, 2.05) is 0 Å². The molecule has 1 heterocycles. The van der Waals surface area contributed by atoms with Gasteiger partial charge in [0.1, 0.15) is 0 Å². The first-order valence-corrected chi connectivity index (χ1v) is 7.18. The Balaban J connectivity index is 2.13. The van der Waals surface area contributed by atoms with Crippen molar-refractivity contribution in [1.29, 1.82) is 0 Å². The molecule has 92 valence electrons. The molecule has 5 nitrogen and oxygen atoms in total. The van der Waals surface area contributed by atoms with Crippen LogP contribution in [0.3, 0.4) is 0 Å². The summed E-state index contributed by atoms with van der Waals surface area (Å²) >= 11 is 4.26. The van der Waals surface area contributed by atoms with Gasteiger partial charge in [-0.25, -0.2) is 0 Å². The van der Waals surface area contributed by atoms with Crippen molar-refractivity contribution in [3.8, 4) is 0 Å². The van der Waals surface area contributed by atoms with Crippen LogP contribution in [0.25, 0.3) is 0 Å². The molecule has 0 bridgehead atoms. The zero-order valence-corrected chi connectivity index (χ0v) is 11.4. The Bertz CT molecular complexity index is 445. The van der Waals surface area contributed by atoms with E-state index in [9.17, 15) is 14.9 Å². The first kappa shape index (κ1) is 12.5. The third-order valence-electron chi connectivity index (χ3n) is 2.56. The number of halogens is 1. The van der Waals surface area contributed by atoms with Crippen LogP contribution in [0.15, 0.2) is 12.1 Å². The van der Waals surface area contributed by atoms with Crippen LogP contribution in [-0.4, -0.2) is 33.6 Å². The minimum Gasteiger partial charge on any atom is -0.334 e. The van der Waals surface area contributed by atoms with Crippen molar-refractivity contribution in [1.82, 2.24) is 4.90 Å². The van der Waals surface area contributed by atoms with Gasteiger partial charge >= 0.3 is 5.00 Å². The lowest BCUT2D eigenvalue weighted by Crippen LogP contribution is -2.34. The van der Waals surface area contributed by atoms with E-state index >= 15 is 0 Å². The number of hydrogen-bond donors (Lipinski definition) is 0. The minimum absolute atomic E-state index is 0.0166. The quantitative estimate of drug-likeness (QED) is 0.476. The number of rotatable bonds is 5. The van der Waals surface area contributed by atoms with Gasteiger partial charge in [-0.05, 0) is 18.9 Å². The highest BCUT2D eigenvalue weighted by molar-refractivity contribution is 9.09. The Hall–Kier alpha value is -0.950. The van der Waals surface area contributed by atoms with Crippen molar-refractivity contribution >= 4 is 38.2 Å². The number of thiophene rings is 1. The van der Waals surface area contributed by atoms with Gasteiger partial charge < -0.3 is 4.90 Å². The van der Waals surface area contributed by atoms with Crippen LogP contribution < -0.4 is 0 Å². The molecule has 0 saturated heterocycles. The van der Waals surface area contributed by atoms with E-state index in [-0.39, 0.29) is 10.9 Å². The Labute approximate surface area is 111 Å². The van der Waals surface area contributed by atoms with Crippen molar-refractivity contribution in [3.05, 3.63) is 27.1 Å². The molecule has 1 aromatic rings. The summed E-state index contributed by atoms with van der Waals surface area (Å²) < 4.78 is 0. The fraction of sp³-hybridized carbons (Fsp3) is 0.500. The van der Waals surface area contributed by atoms with Crippen molar-refractivity contribution in [2.75, 3.05) is 11.9 Å². The molecular weight excluding hydrogens is 308 g/mol. The number of carbonyl (C=O) groups excluding carboxylic acids is 1. The van der Waals surface area contributed by atoms with Crippen LogP contribution >= 0.6 is 27.3 Å². The molecule has 1 aliphatic carbocycles. The molecular formula is C10H11BrN2O3S. The molecule has 0 N–H and O–H groups in total. The molecule has 0 radical (unpaired) electrons. The van der Waals surface area contributed by atoms with Gasteiger partial charge in [0.25, 0.3) is 5.91 Å².